The second kappa shape index (κ2) is 6.71. The minimum atomic E-state index is -0.510. The van der Waals surface area contributed by atoms with Crippen LogP contribution in [0.25, 0.3) is 0 Å². The molecule has 0 saturated heterocycles. The van der Waals surface area contributed by atoms with Crippen LogP contribution in [0, 0.1) is 5.82 Å². The van der Waals surface area contributed by atoms with Gasteiger partial charge in [-0.15, -0.1) is 0 Å². The number of nitrogens with zero attached hydrogens (tertiary/aromatic N) is 1. The number of methoxy groups -OCH3 is 1. The Morgan fingerprint density at radius 3 is 2.68 bits per heavy atom. The maximum absolute atomic E-state index is 13.1. The van der Waals surface area contributed by atoms with Crippen molar-refractivity contribution in [3.8, 4) is 11.5 Å². The number of nitrogens with one attached hydrogen (secondary N) is 1. The number of amides is 1. The Kier molecular flexibility index (Phi) is 4.73. The van der Waals surface area contributed by atoms with E-state index >= 15 is 0 Å². The van der Waals surface area contributed by atoms with Crippen LogP contribution in [-0.4, -0.2) is 23.8 Å². The summed E-state index contributed by atoms with van der Waals surface area (Å²) in [6, 6.07) is 10.0. The van der Waals surface area contributed by atoms with Crippen LogP contribution in [0.5, 0.6) is 11.5 Å². The predicted molar refractivity (Wildman–Crippen MR) is 80.7 cm³/mol. The summed E-state index contributed by atoms with van der Waals surface area (Å²) < 4.78 is 18.1. The number of rotatable bonds is 4. The molecule has 0 radical (unpaired) electrons. The second-order valence-electron chi connectivity index (χ2n) is 4.54. The number of hydrogen-bond donors (Lipinski definition) is 2. The molecule has 0 fully saturated rings. The molecule has 0 heterocycles. The van der Waals surface area contributed by atoms with Gasteiger partial charge in [-0.05, 0) is 43.3 Å². The zero-order valence-corrected chi connectivity index (χ0v) is 12.1. The van der Waals surface area contributed by atoms with Gasteiger partial charge in [-0.2, -0.15) is 5.10 Å². The van der Waals surface area contributed by atoms with E-state index in [0.717, 1.165) is 6.07 Å². The quantitative estimate of drug-likeness (QED) is 0.674. The van der Waals surface area contributed by atoms with Crippen molar-refractivity contribution in [1.29, 1.82) is 0 Å². The van der Waals surface area contributed by atoms with E-state index in [1.165, 1.54) is 31.4 Å². The fourth-order valence-electron chi connectivity index (χ4n) is 1.80. The summed E-state index contributed by atoms with van der Waals surface area (Å²) >= 11 is 0. The summed E-state index contributed by atoms with van der Waals surface area (Å²) in [7, 11) is 1.44. The topological polar surface area (TPSA) is 70.9 Å². The van der Waals surface area contributed by atoms with E-state index in [1.54, 1.807) is 19.1 Å². The van der Waals surface area contributed by atoms with E-state index in [2.05, 4.69) is 10.5 Å². The predicted octanol–water partition coefficient (Wildman–Crippen LogP) is 2.69. The van der Waals surface area contributed by atoms with Gasteiger partial charge in [-0.3, -0.25) is 4.79 Å². The van der Waals surface area contributed by atoms with E-state index in [-0.39, 0.29) is 11.3 Å². The molecule has 0 saturated carbocycles. The molecule has 0 bridgehead atoms. The van der Waals surface area contributed by atoms with Crippen LogP contribution in [0.15, 0.2) is 47.6 Å². The van der Waals surface area contributed by atoms with Gasteiger partial charge in [0.15, 0.2) is 11.5 Å². The number of benzene rings is 2. The van der Waals surface area contributed by atoms with E-state index in [0.29, 0.717) is 17.0 Å². The fourth-order valence-corrected chi connectivity index (χ4v) is 1.80. The molecule has 0 atom stereocenters. The van der Waals surface area contributed by atoms with Crippen molar-refractivity contribution in [3.63, 3.8) is 0 Å². The SMILES string of the molecule is COc1cc(/C(C)=N/NC(=O)c2cccc(F)c2)ccc1O. The Bertz CT molecular complexity index is 729. The third-order valence-electron chi connectivity index (χ3n) is 3.01. The fraction of sp³-hybridized carbons (Fsp3) is 0.125. The van der Waals surface area contributed by atoms with Crippen LogP contribution < -0.4 is 10.2 Å². The molecule has 6 heteroatoms. The highest BCUT2D eigenvalue weighted by atomic mass is 19.1. The summed E-state index contributed by atoms with van der Waals surface area (Å²) in [4.78, 5) is 11.9. The molecule has 22 heavy (non-hydrogen) atoms. The number of hydrazone groups is 1. The maximum Gasteiger partial charge on any atom is 0.271 e. The third kappa shape index (κ3) is 3.60. The molecule has 0 unspecified atom stereocenters. The van der Waals surface area contributed by atoms with Crippen molar-refractivity contribution in [2.45, 2.75) is 6.92 Å². The van der Waals surface area contributed by atoms with Gasteiger partial charge in [0.25, 0.3) is 5.91 Å². The first kappa shape index (κ1) is 15.5. The highest BCUT2D eigenvalue weighted by molar-refractivity contribution is 6.01. The molecule has 0 aliphatic heterocycles. The summed E-state index contributed by atoms with van der Waals surface area (Å²) in [6.07, 6.45) is 0. The number of carbonyl (C=O) groups is 1. The molecule has 114 valence electrons. The third-order valence-corrected chi connectivity index (χ3v) is 3.01. The van der Waals surface area contributed by atoms with Crippen molar-refractivity contribution < 1.29 is 19.0 Å². The molecule has 1 amide bonds. The lowest BCUT2D eigenvalue weighted by Gasteiger charge is -2.07. The highest BCUT2D eigenvalue weighted by Crippen LogP contribution is 2.26. The van der Waals surface area contributed by atoms with E-state index in [4.69, 9.17) is 4.74 Å². The molecular weight excluding hydrogens is 287 g/mol. The number of ether oxygens (including phenoxy) is 1. The number of halogens is 1. The largest absolute Gasteiger partial charge is 0.504 e. The number of carbonyl (C=O) groups excluding carboxylic acids is 1. The minimum Gasteiger partial charge on any atom is -0.504 e. The van der Waals surface area contributed by atoms with Crippen LogP contribution in [0.4, 0.5) is 4.39 Å². The minimum absolute atomic E-state index is 0.0165. The Balaban J connectivity index is 2.14. The van der Waals surface area contributed by atoms with E-state index in [1.807, 2.05) is 0 Å². The number of aromatic hydroxyl groups is 1. The maximum atomic E-state index is 13.1. The van der Waals surface area contributed by atoms with Crippen molar-refractivity contribution in [2.24, 2.45) is 5.10 Å². The molecule has 0 spiro atoms. The van der Waals surface area contributed by atoms with Gasteiger partial charge in [-0.1, -0.05) is 6.07 Å². The van der Waals surface area contributed by atoms with Crippen LogP contribution in [0.3, 0.4) is 0 Å². The molecule has 2 N–H and O–H groups in total. The summed E-state index contributed by atoms with van der Waals surface area (Å²) in [5.41, 5.74) is 3.73. The van der Waals surface area contributed by atoms with E-state index < -0.39 is 11.7 Å². The Hall–Kier alpha value is -2.89. The Morgan fingerprint density at radius 1 is 1.23 bits per heavy atom. The number of phenolic OH excluding ortho intramolecular Hbond substituents is 1. The standard InChI is InChI=1S/C16H15FN2O3/c1-10(11-6-7-14(20)15(9-11)22-2)18-19-16(21)12-4-3-5-13(17)8-12/h3-9,20H,1-2H3,(H,19,21)/b18-10+. The zero-order chi connectivity index (χ0) is 16.1. The van der Waals surface area contributed by atoms with Gasteiger partial charge < -0.3 is 9.84 Å². The summed E-state index contributed by atoms with van der Waals surface area (Å²) in [5.74, 6) is -0.674. The molecular formula is C16H15FN2O3. The second-order valence-corrected chi connectivity index (χ2v) is 4.54. The first-order valence-corrected chi connectivity index (χ1v) is 6.49. The van der Waals surface area contributed by atoms with Crippen molar-refractivity contribution in [3.05, 3.63) is 59.4 Å². The molecule has 2 aromatic rings. The zero-order valence-electron chi connectivity index (χ0n) is 12.1. The molecule has 0 aliphatic carbocycles. The van der Waals surface area contributed by atoms with Gasteiger partial charge >= 0.3 is 0 Å². The van der Waals surface area contributed by atoms with Crippen LogP contribution >= 0.6 is 0 Å². The summed E-state index contributed by atoms with van der Waals surface area (Å²) in [6.45, 7) is 1.69. The molecule has 0 aromatic heterocycles. The average molecular weight is 302 g/mol. The van der Waals surface area contributed by atoms with Gasteiger partial charge in [0.1, 0.15) is 5.82 Å². The first-order valence-electron chi connectivity index (χ1n) is 6.49. The first-order chi connectivity index (χ1) is 10.5. The normalized spacial score (nSPS) is 11.1. The average Bonchev–Trinajstić information content (AvgIpc) is 2.52. The Labute approximate surface area is 127 Å². The number of hydrogen-bond acceptors (Lipinski definition) is 4. The monoisotopic (exact) mass is 302 g/mol. The smallest absolute Gasteiger partial charge is 0.271 e. The lowest BCUT2D eigenvalue weighted by atomic mass is 10.1. The van der Waals surface area contributed by atoms with Crippen molar-refractivity contribution in [2.75, 3.05) is 7.11 Å². The molecule has 5 nitrogen and oxygen atoms in total. The van der Waals surface area contributed by atoms with Crippen LogP contribution in [0.1, 0.15) is 22.8 Å². The van der Waals surface area contributed by atoms with Gasteiger partial charge in [0, 0.05) is 11.1 Å². The lowest BCUT2D eigenvalue weighted by molar-refractivity contribution is 0.0954. The van der Waals surface area contributed by atoms with Gasteiger partial charge in [0.05, 0.1) is 12.8 Å². The molecule has 2 rings (SSSR count). The van der Waals surface area contributed by atoms with Crippen LogP contribution in [-0.2, 0) is 0 Å². The number of phenols is 1. The molecule has 2 aromatic carbocycles. The Morgan fingerprint density at radius 2 is 2.00 bits per heavy atom. The van der Waals surface area contributed by atoms with E-state index in [9.17, 15) is 14.3 Å². The molecule has 0 aliphatic rings. The van der Waals surface area contributed by atoms with Gasteiger partial charge in [-0.25, -0.2) is 9.82 Å². The van der Waals surface area contributed by atoms with Crippen LogP contribution in [0.2, 0.25) is 0 Å². The highest BCUT2D eigenvalue weighted by Gasteiger charge is 2.07. The van der Waals surface area contributed by atoms with Crippen molar-refractivity contribution in [1.82, 2.24) is 5.43 Å². The van der Waals surface area contributed by atoms with Crippen molar-refractivity contribution >= 4 is 11.6 Å². The summed E-state index contributed by atoms with van der Waals surface area (Å²) in [5, 5.41) is 13.5. The van der Waals surface area contributed by atoms with Gasteiger partial charge in [0.2, 0.25) is 0 Å². The lowest BCUT2D eigenvalue weighted by Crippen LogP contribution is -2.19.